The minimum Gasteiger partial charge on any atom is -0.454 e. The Labute approximate surface area is 151 Å². The molecule has 0 unspecified atom stereocenters. The molecule has 0 aromatic rings. The van der Waals surface area contributed by atoms with Gasteiger partial charge in [-0.3, -0.25) is 24.1 Å². The van der Waals surface area contributed by atoms with Gasteiger partial charge in [0.15, 0.2) is 6.61 Å². The van der Waals surface area contributed by atoms with Crippen molar-refractivity contribution in [3.63, 3.8) is 0 Å². The largest absolute Gasteiger partial charge is 0.454 e. The number of likely N-dealkylation sites (tertiary alicyclic amines) is 1. The van der Waals surface area contributed by atoms with Gasteiger partial charge in [0.1, 0.15) is 12.1 Å². The van der Waals surface area contributed by atoms with Crippen molar-refractivity contribution in [3.05, 3.63) is 0 Å². The van der Waals surface area contributed by atoms with Crippen LogP contribution in [0.3, 0.4) is 0 Å². The Morgan fingerprint density at radius 1 is 1.12 bits per heavy atom. The molecule has 0 aromatic heterocycles. The van der Waals surface area contributed by atoms with Crippen molar-refractivity contribution < 1.29 is 23.9 Å². The number of rotatable bonds is 5. The quantitative estimate of drug-likeness (QED) is 0.568. The third-order valence-corrected chi connectivity index (χ3v) is 5.63. The first kappa shape index (κ1) is 18.4. The standard InChI is InChI=1S/C18H23N3O5/c19-11-18(7-3-4-8-18)20-14(22)10-26-15(23)9-21-16(24)12-5-1-2-6-13(12)17(21)25/h12-13H,1-10H2,(H,20,22)/t12-,13-/m1/s1. The van der Waals surface area contributed by atoms with Crippen molar-refractivity contribution in [1.29, 1.82) is 5.26 Å². The van der Waals surface area contributed by atoms with Crippen molar-refractivity contribution in [2.45, 2.75) is 56.9 Å². The van der Waals surface area contributed by atoms with Crippen LogP contribution in [0.25, 0.3) is 0 Å². The minimum atomic E-state index is -0.875. The number of ether oxygens (including phenoxy) is 1. The Kier molecular flexibility index (Phi) is 5.25. The monoisotopic (exact) mass is 361 g/mol. The van der Waals surface area contributed by atoms with E-state index in [9.17, 15) is 24.4 Å². The van der Waals surface area contributed by atoms with Crippen LogP contribution in [-0.2, 0) is 23.9 Å². The molecule has 2 aliphatic carbocycles. The third-order valence-electron chi connectivity index (χ3n) is 5.63. The van der Waals surface area contributed by atoms with E-state index in [4.69, 9.17) is 4.74 Å². The number of hydrogen-bond acceptors (Lipinski definition) is 6. The van der Waals surface area contributed by atoms with E-state index in [1.807, 2.05) is 0 Å². The van der Waals surface area contributed by atoms with E-state index >= 15 is 0 Å². The summed E-state index contributed by atoms with van der Waals surface area (Å²) in [7, 11) is 0. The van der Waals surface area contributed by atoms with Crippen LogP contribution in [0, 0.1) is 23.2 Å². The van der Waals surface area contributed by atoms with Gasteiger partial charge in [-0.1, -0.05) is 12.8 Å². The number of nitrogens with zero attached hydrogens (tertiary/aromatic N) is 2. The highest BCUT2D eigenvalue weighted by molar-refractivity contribution is 6.07. The second-order valence-corrected chi connectivity index (χ2v) is 7.37. The van der Waals surface area contributed by atoms with Crippen LogP contribution >= 0.6 is 0 Å². The predicted octanol–water partition coefficient (Wildman–Crippen LogP) is 0.657. The first-order chi connectivity index (χ1) is 12.5. The molecule has 0 bridgehead atoms. The molecule has 3 aliphatic rings. The highest BCUT2D eigenvalue weighted by atomic mass is 16.5. The minimum absolute atomic E-state index is 0.310. The molecule has 3 rings (SSSR count). The van der Waals surface area contributed by atoms with E-state index in [1.165, 1.54) is 0 Å². The molecule has 1 heterocycles. The van der Waals surface area contributed by atoms with Gasteiger partial charge in [-0.15, -0.1) is 0 Å². The number of esters is 1. The molecule has 26 heavy (non-hydrogen) atoms. The maximum atomic E-state index is 12.3. The molecular formula is C18H23N3O5. The van der Waals surface area contributed by atoms with Crippen LogP contribution in [0.1, 0.15) is 51.4 Å². The molecule has 2 saturated carbocycles. The molecule has 8 heteroatoms. The summed E-state index contributed by atoms with van der Waals surface area (Å²) in [5, 5.41) is 11.9. The van der Waals surface area contributed by atoms with Crippen LogP contribution in [0.15, 0.2) is 0 Å². The maximum Gasteiger partial charge on any atom is 0.326 e. The number of nitrogens with one attached hydrogen (secondary N) is 1. The molecule has 1 aliphatic heterocycles. The molecule has 3 fully saturated rings. The number of carbonyl (C=O) groups excluding carboxylic acids is 4. The lowest BCUT2D eigenvalue weighted by atomic mass is 9.81. The highest BCUT2D eigenvalue weighted by Crippen LogP contribution is 2.37. The first-order valence-electron chi connectivity index (χ1n) is 9.19. The number of hydrogen-bond donors (Lipinski definition) is 1. The van der Waals surface area contributed by atoms with E-state index < -0.39 is 30.6 Å². The number of carbonyl (C=O) groups is 4. The number of imide groups is 1. The molecule has 0 aromatic carbocycles. The Balaban J connectivity index is 1.48. The van der Waals surface area contributed by atoms with Crippen LogP contribution in [0.4, 0.5) is 0 Å². The van der Waals surface area contributed by atoms with E-state index in [0.29, 0.717) is 25.7 Å². The zero-order valence-corrected chi connectivity index (χ0v) is 14.7. The van der Waals surface area contributed by atoms with Crippen molar-refractivity contribution in [2.75, 3.05) is 13.2 Å². The number of fused-ring (bicyclic) bond motifs is 1. The third kappa shape index (κ3) is 3.57. The van der Waals surface area contributed by atoms with Crippen LogP contribution in [-0.4, -0.2) is 47.3 Å². The molecule has 3 amide bonds. The molecule has 1 N–H and O–H groups in total. The Morgan fingerprint density at radius 3 is 2.23 bits per heavy atom. The van der Waals surface area contributed by atoms with Gasteiger partial charge < -0.3 is 10.1 Å². The van der Waals surface area contributed by atoms with E-state index in [0.717, 1.165) is 30.6 Å². The summed E-state index contributed by atoms with van der Waals surface area (Å²) in [6, 6.07) is 2.12. The molecule has 8 nitrogen and oxygen atoms in total. The average molecular weight is 361 g/mol. The molecular weight excluding hydrogens is 338 g/mol. The van der Waals surface area contributed by atoms with Crippen LogP contribution in [0.2, 0.25) is 0 Å². The highest BCUT2D eigenvalue weighted by Gasteiger charge is 2.48. The summed E-state index contributed by atoms with van der Waals surface area (Å²) in [5.74, 6) is -2.59. The van der Waals surface area contributed by atoms with Crippen molar-refractivity contribution in [2.24, 2.45) is 11.8 Å². The van der Waals surface area contributed by atoms with Crippen LogP contribution < -0.4 is 5.32 Å². The second-order valence-electron chi connectivity index (χ2n) is 7.37. The van der Waals surface area contributed by atoms with E-state index in [2.05, 4.69) is 11.4 Å². The van der Waals surface area contributed by atoms with Gasteiger partial charge in [0, 0.05) is 0 Å². The molecule has 0 spiro atoms. The number of nitriles is 1. The summed E-state index contributed by atoms with van der Waals surface area (Å²) < 4.78 is 4.91. The Morgan fingerprint density at radius 2 is 1.69 bits per heavy atom. The first-order valence-corrected chi connectivity index (χ1v) is 9.19. The summed E-state index contributed by atoms with van der Waals surface area (Å²) >= 11 is 0. The summed E-state index contributed by atoms with van der Waals surface area (Å²) in [5.41, 5.74) is -0.875. The molecule has 140 valence electrons. The van der Waals surface area contributed by atoms with Crippen molar-refractivity contribution >= 4 is 23.7 Å². The van der Waals surface area contributed by atoms with Gasteiger partial charge in [-0.05, 0) is 38.5 Å². The fourth-order valence-electron chi connectivity index (χ4n) is 4.25. The summed E-state index contributed by atoms with van der Waals surface area (Å²) in [6.45, 7) is -0.979. The SMILES string of the molecule is N#CC1(NC(=O)COC(=O)CN2C(=O)[C@@H]3CCCC[C@H]3C2=O)CCCC1. The van der Waals surface area contributed by atoms with Crippen molar-refractivity contribution in [1.82, 2.24) is 10.2 Å². The van der Waals surface area contributed by atoms with Crippen molar-refractivity contribution in [3.8, 4) is 6.07 Å². The lowest BCUT2D eigenvalue weighted by Crippen LogP contribution is -2.47. The zero-order valence-electron chi connectivity index (χ0n) is 14.7. The topological polar surface area (TPSA) is 117 Å². The predicted molar refractivity (Wildman–Crippen MR) is 88.1 cm³/mol. The van der Waals surface area contributed by atoms with Gasteiger partial charge in [-0.25, -0.2) is 0 Å². The molecule has 0 radical (unpaired) electrons. The summed E-state index contributed by atoms with van der Waals surface area (Å²) in [4.78, 5) is 49.5. The maximum absolute atomic E-state index is 12.3. The molecule has 2 atom stereocenters. The van der Waals surface area contributed by atoms with E-state index in [1.54, 1.807) is 0 Å². The Bertz CT molecular complexity index is 638. The lowest BCUT2D eigenvalue weighted by molar-refractivity contribution is -0.155. The van der Waals surface area contributed by atoms with E-state index in [-0.39, 0.29) is 23.7 Å². The fourth-order valence-corrected chi connectivity index (χ4v) is 4.25. The number of amides is 3. The van der Waals surface area contributed by atoms with Gasteiger partial charge >= 0.3 is 5.97 Å². The van der Waals surface area contributed by atoms with Crippen LogP contribution in [0.5, 0.6) is 0 Å². The average Bonchev–Trinajstić information content (AvgIpc) is 3.20. The Hall–Kier alpha value is -2.43. The second kappa shape index (κ2) is 7.44. The van der Waals surface area contributed by atoms with Gasteiger partial charge in [0.25, 0.3) is 5.91 Å². The van der Waals surface area contributed by atoms with Gasteiger partial charge in [0.2, 0.25) is 11.8 Å². The fraction of sp³-hybridized carbons (Fsp3) is 0.722. The smallest absolute Gasteiger partial charge is 0.326 e. The molecule has 1 saturated heterocycles. The van der Waals surface area contributed by atoms with Gasteiger partial charge in [0.05, 0.1) is 17.9 Å². The van der Waals surface area contributed by atoms with Gasteiger partial charge in [-0.2, -0.15) is 5.26 Å². The lowest BCUT2D eigenvalue weighted by Gasteiger charge is -2.22. The normalized spacial score (nSPS) is 27.0. The summed E-state index contributed by atoms with van der Waals surface area (Å²) in [6.07, 6.45) is 6.10. The zero-order chi connectivity index (χ0) is 18.7.